The summed E-state index contributed by atoms with van der Waals surface area (Å²) in [6, 6.07) is -0.122. The van der Waals surface area contributed by atoms with Crippen LogP contribution in [0.2, 0.25) is 0 Å². The van der Waals surface area contributed by atoms with Gasteiger partial charge in [-0.1, -0.05) is 6.92 Å². The van der Waals surface area contributed by atoms with Gasteiger partial charge in [-0.3, -0.25) is 4.79 Å². The standard InChI is InChI=1S/C14H23N3O2S/c1-3-7-19-11-5-4-6-17(8-11)14(18)12-9-20-13(16-12)10(2)15/h9-11H,3-8,15H2,1-2H3. The summed E-state index contributed by atoms with van der Waals surface area (Å²) in [6.07, 6.45) is 3.20. The first kappa shape index (κ1) is 15.4. The van der Waals surface area contributed by atoms with Crippen molar-refractivity contribution in [2.24, 2.45) is 5.73 Å². The highest BCUT2D eigenvalue weighted by atomic mass is 32.1. The normalized spacial score (nSPS) is 20.9. The largest absolute Gasteiger partial charge is 0.376 e. The third-order valence-corrected chi connectivity index (χ3v) is 4.40. The number of thiazole rings is 1. The van der Waals surface area contributed by atoms with Gasteiger partial charge in [0.15, 0.2) is 0 Å². The summed E-state index contributed by atoms with van der Waals surface area (Å²) >= 11 is 1.45. The van der Waals surface area contributed by atoms with Crippen LogP contribution in [0.15, 0.2) is 5.38 Å². The van der Waals surface area contributed by atoms with Gasteiger partial charge < -0.3 is 15.4 Å². The zero-order valence-electron chi connectivity index (χ0n) is 12.2. The molecule has 1 saturated heterocycles. The van der Waals surface area contributed by atoms with Crippen LogP contribution < -0.4 is 5.73 Å². The summed E-state index contributed by atoms with van der Waals surface area (Å²) < 4.78 is 5.76. The molecule has 2 rings (SSSR count). The Labute approximate surface area is 124 Å². The first-order chi connectivity index (χ1) is 9.61. The Hall–Kier alpha value is -0.980. The van der Waals surface area contributed by atoms with Crippen LogP contribution >= 0.6 is 11.3 Å². The van der Waals surface area contributed by atoms with Crippen molar-refractivity contribution < 1.29 is 9.53 Å². The molecule has 1 aliphatic rings. The Morgan fingerprint density at radius 1 is 1.70 bits per heavy atom. The monoisotopic (exact) mass is 297 g/mol. The third-order valence-electron chi connectivity index (χ3n) is 3.35. The van der Waals surface area contributed by atoms with E-state index in [4.69, 9.17) is 10.5 Å². The molecule has 2 unspecified atom stereocenters. The van der Waals surface area contributed by atoms with Crippen LogP contribution in [0.1, 0.15) is 54.6 Å². The summed E-state index contributed by atoms with van der Waals surface area (Å²) in [5, 5.41) is 2.61. The molecule has 1 aliphatic heterocycles. The fraction of sp³-hybridized carbons (Fsp3) is 0.714. The molecular weight excluding hydrogens is 274 g/mol. The van der Waals surface area contributed by atoms with Gasteiger partial charge >= 0.3 is 0 Å². The average molecular weight is 297 g/mol. The van der Waals surface area contributed by atoms with E-state index in [1.807, 2.05) is 11.8 Å². The van der Waals surface area contributed by atoms with E-state index in [0.717, 1.165) is 37.4 Å². The number of likely N-dealkylation sites (tertiary alicyclic amines) is 1. The second kappa shape index (κ2) is 7.15. The van der Waals surface area contributed by atoms with Gasteiger partial charge in [-0.2, -0.15) is 0 Å². The fourth-order valence-electron chi connectivity index (χ4n) is 2.30. The van der Waals surface area contributed by atoms with Gasteiger partial charge in [0.05, 0.1) is 12.1 Å². The lowest BCUT2D eigenvalue weighted by molar-refractivity contribution is 0.00194. The zero-order chi connectivity index (χ0) is 14.5. The number of ether oxygens (including phenoxy) is 1. The highest BCUT2D eigenvalue weighted by Gasteiger charge is 2.26. The third kappa shape index (κ3) is 3.77. The van der Waals surface area contributed by atoms with Crippen LogP contribution in [0.4, 0.5) is 0 Å². The van der Waals surface area contributed by atoms with Crippen molar-refractivity contribution in [1.29, 1.82) is 0 Å². The number of nitrogens with two attached hydrogens (primary N) is 1. The summed E-state index contributed by atoms with van der Waals surface area (Å²) in [6.45, 7) is 6.19. The van der Waals surface area contributed by atoms with Crippen LogP contribution in [0.3, 0.4) is 0 Å². The second-order valence-corrected chi connectivity index (χ2v) is 6.14. The van der Waals surface area contributed by atoms with Gasteiger partial charge in [0, 0.05) is 25.1 Å². The number of carbonyl (C=O) groups is 1. The minimum atomic E-state index is -0.122. The number of hydrogen-bond donors (Lipinski definition) is 1. The van der Waals surface area contributed by atoms with Crippen LogP contribution in [0, 0.1) is 0 Å². The molecule has 6 heteroatoms. The summed E-state index contributed by atoms with van der Waals surface area (Å²) in [5.74, 6) is -0.00190. The summed E-state index contributed by atoms with van der Waals surface area (Å²) in [5.41, 5.74) is 6.30. The first-order valence-corrected chi connectivity index (χ1v) is 8.11. The maximum absolute atomic E-state index is 12.4. The highest BCUT2D eigenvalue weighted by Crippen LogP contribution is 2.20. The molecule has 0 radical (unpaired) electrons. The zero-order valence-corrected chi connectivity index (χ0v) is 13.0. The molecule has 0 aromatic carbocycles. The quantitative estimate of drug-likeness (QED) is 0.904. The SMILES string of the molecule is CCCOC1CCCN(C(=O)c2csc(C(C)N)n2)C1. The second-order valence-electron chi connectivity index (χ2n) is 5.25. The predicted octanol–water partition coefficient (Wildman–Crippen LogP) is 2.19. The van der Waals surface area contributed by atoms with Crippen molar-refractivity contribution in [2.75, 3.05) is 19.7 Å². The van der Waals surface area contributed by atoms with E-state index in [1.165, 1.54) is 11.3 Å². The van der Waals surface area contributed by atoms with Gasteiger partial charge in [0.25, 0.3) is 5.91 Å². The molecule has 1 fully saturated rings. The van der Waals surface area contributed by atoms with Crippen LogP contribution in [-0.2, 0) is 4.74 Å². The molecule has 0 aliphatic carbocycles. The summed E-state index contributed by atoms with van der Waals surface area (Å²) in [4.78, 5) is 18.6. The van der Waals surface area contributed by atoms with Gasteiger partial charge in [0.2, 0.25) is 0 Å². The Bertz CT molecular complexity index is 447. The van der Waals surface area contributed by atoms with E-state index in [-0.39, 0.29) is 18.1 Å². The molecule has 112 valence electrons. The van der Waals surface area contributed by atoms with Crippen molar-refractivity contribution in [3.05, 3.63) is 16.1 Å². The van der Waals surface area contributed by atoms with E-state index in [1.54, 1.807) is 5.38 Å². The van der Waals surface area contributed by atoms with E-state index in [2.05, 4.69) is 11.9 Å². The molecule has 1 aromatic rings. The average Bonchev–Trinajstić information content (AvgIpc) is 2.94. The number of carbonyl (C=O) groups excluding carboxylic acids is 1. The topological polar surface area (TPSA) is 68.5 Å². The maximum atomic E-state index is 12.4. The van der Waals surface area contributed by atoms with Crippen molar-refractivity contribution >= 4 is 17.2 Å². The number of piperidine rings is 1. The van der Waals surface area contributed by atoms with Gasteiger partial charge in [-0.15, -0.1) is 11.3 Å². The van der Waals surface area contributed by atoms with Crippen molar-refractivity contribution in [1.82, 2.24) is 9.88 Å². The van der Waals surface area contributed by atoms with E-state index < -0.39 is 0 Å². The Morgan fingerprint density at radius 3 is 3.15 bits per heavy atom. The highest BCUT2D eigenvalue weighted by molar-refractivity contribution is 7.09. The molecule has 20 heavy (non-hydrogen) atoms. The lowest BCUT2D eigenvalue weighted by Crippen LogP contribution is -2.43. The Balaban J connectivity index is 1.97. The van der Waals surface area contributed by atoms with Crippen LogP contribution in [-0.4, -0.2) is 41.6 Å². The molecule has 0 bridgehead atoms. The minimum Gasteiger partial charge on any atom is -0.376 e. The van der Waals surface area contributed by atoms with Gasteiger partial charge in [-0.25, -0.2) is 4.98 Å². The molecule has 1 aromatic heterocycles. The van der Waals surface area contributed by atoms with Gasteiger partial charge in [0.1, 0.15) is 10.7 Å². The number of rotatable bonds is 5. The van der Waals surface area contributed by atoms with E-state index in [0.29, 0.717) is 12.2 Å². The van der Waals surface area contributed by atoms with Crippen LogP contribution in [0.5, 0.6) is 0 Å². The van der Waals surface area contributed by atoms with Gasteiger partial charge in [-0.05, 0) is 26.2 Å². The van der Waals surface area contributed by atoms with E-state index in [9.17, 15) is 4.79 Å². The molecule has 0 spiro atoms. The Kier molecular flexibility index (Phi) is 5.51. The molecule has 2 N–H and O–H groups in total. The number of nitrogens with zero attached hydrogens (tertiary/aromatic N) is 2. The lowest BCUT2D eigenvalue weighted by atomic mass is 10.1. The minimum absolute atomic E-state index is 0.00190. The molecular formula is C14H23N3O2S. The van der Waals surface area contributed by atoms with Crippen LogP contribution in [0.25, 0.3) is 0 Å². The fourth-order valence-corrected chi connectivity index (χ4v) is 3.05. The Morgan fingerprint density at radius 2 is 2.50 bits per heavy atom. The molecule has 2 heterocycles. The number of hydrogen-bond acceptors (Lipinski definition) is 5. The number of aromatic nitrogens is 1. The summed E-state index contributed by atoms with van der Waals surface area (Å²) in [7, 11) is 0. The first-order valence-electron chi connectivity index (χ1n) is 7.23. The van der Waals surface area contributed by atoms with Crippen molar-refractivity contribution in [3.63, 3.8) is 0 Å². The molecule has 1 amide bonds. The van der Waals surface area contributed by atoms with Crippen molar-refractivity contribution in [3.8, 4) is 0 Å². The lowest BCUT2D eigenvalue weighted by Gasteiger charge is -2.32. The van der Waals surface area contributed by atoms with E-state index >= 15 is 0 Å². The molecule has 2 atom stereocenters. The predicted molar refractivity (Wildman–Crippen MR) is 79.9 cm³/mol. The molecule has 0 saturated carbocycles. The molecule has 5 nitrogen and oxygen atoms in total. The van der Waals surface area contributed by atoms with Crippen molar-refractivity contribution in [2.45, 2.75) is 45.3 Å². The smallest absolute Gasteiger partial charge is 0.273 e. The number of amides is 1. The maximum Gasteiger partial charge on any atom is 0.273 e.